The topological polar surface area (TPSA) is 78.9 Å². The van der Waals surface area contributed by atoms with Crippen molar-refractivity contribution < 1.29 is 19.4 Å². The Hall–Kier alpha value is -2.50. The lowest BCUT2D eigenvalue weighted by molar-refractivity contribution is -0.137. The summed E-state index contributed by atoms with van der Waals surface area (Å²) in [4.78, 5) is 24.1. The van der Waals surface area contributed by atoms with Crippen LogP contribution in [0.1, 0.15) is 18.4 Å². The van der Waals surface area contributed by atoms with Crippen LogP contribution < -0.4 is 10.1 Å². The van der Waals surface area contributed by atoms with Crippen molar-refractivity contribution in [3.8, 4) is 5.75 Å². The molecule has 2 N–H and O–H groups in total. The van der Waals surface area contributed by atoms with Crippen LogP contribution in [0.25, 0.3) is 5.57 Å². The van der Waals surface area contributed by atoms with E-state index in [0.717, 1.165) is 16.9 Å². The summed E-state index contributed by atoms with van der Waals surface area (Å²) in [6, 6.07) is 7.57. The van der Waals surface area contributed by atoms with Gasteiger partial charge in [-0.3, -0.25) is 4.79 Å². The predicted molar refractivity (Wildman–Crippen MR) is 82.8 cm³/mol. The summed E-state index contributed by atoms with van der Waals surface area (Å²) in [5.74, 6) is -0.0626. The fraction of sp³-hybridized carbons (Fsp3) is 0.375. The van der Waals surface area contributed by atoms with Gasteiger partial charge in [-0.15, -0.1) is 0 Å². The van der Waals surface area contributed by atoms with Gasteiger partial charge in [0.2, 0.25) is 0 Å². The minimum atomic E-state index is -0.850. The zero-order valence-electron chi connectivity index (χ0n) is 12.5. The maximum Gasteiger partial charge on any atom is 0.317 e. The maximum absolute atomic E-state index is 12.0. The van der Waals surface area contributed by atoms with Gasteiger partial charge in [0.15, 0.2) is 0 Å². The van der Waals surface area contributed by atoms with E-state index in [1.165, 1.54) is 0 Å². The summed E-state index contributed by atoms with van der Waals surface area (Å²) in [5, 5.41) is 11.3. The first kappa shape index (κ1) is 15.9. The Kier molecular flexibility index (Phi) is 5.41. The first-order valence-corrected chi connectivity index (χ1v) is 7.18. The lowest BCUT2D eigenvalue weighted by Gasteiger charge is -2.17. The third-order valence-corrected chi connectivity index (χ3v) is 3.49. The molecule has 0 atom stereocenters. The molecule has 0 spiro atoms. The molecule has 1 heterocycles. The van der Waals surface area contributed by atoms with E-state index in [0.29, 0.717) is 26.1 Å². The molecule has 1 aromatic rings. The van der Waals surface area contributed by atoms with Crippen LogP contribution in [0.3, 0.4) is 0 Å². The minimum absolute atomic E-state index is 0.0631. The van der Waals surface area contributed by atoms with Gasteiger partial charge in [-0.25, -0.2) is 4.79 Å². The molecular formula is C16H20N2O4. The van der Waals surface area contributed by atoms with Gasteiger partial charge in [0.05, 0.1) is 7.11 Å². The third-order valence-electron chi connectivity index (χ3n) is 3.49. The van der Waals surface area contributed by atoms with Crippen LogP contribution in [0.2, 0.25) is 0 Å². The first-order chi connectivity index (χ1) is 10.6. The number of benzene rings is 1. The van der Waals surface area contributed by atoms with E-state index in [1.807, 2.05) is 30.3 Å². The summed E-state index contributed by atoms with van der Waals surface area (Å²) in [6.07, 6.45) is 2.52. The third kappa shape index (κ3) is 4.25. The molecule has 0 unspecified atom stereocenters. The summed E-state index contributed by atoms with van der Waals surface area (Å²) >= 11 is 0. The van der Waals surface area contributed by atoms with E-state index in [2.05, 4.69) is 5.32 Å². The summed E-state index contributed by atoms with van der Waals surface area (Å²) < 4.78 is 5.21. The molecule has 2 amide bonds. The Bertz CT molecular complexity index is 583. The molecule has 0 bridgehead atoms. The second kappa shape index (κ2) is 7.49. The van der Waals surface area contributed by atoms with E-state index < -0.39 is 5.97 Å². The number of nitrogens with zero attached hydrogens (tertiary/aromatic N) is 1. The van der Waals surface area contributed by atoms with Gasteiger partial charge in [0.25, 0.3) is 0 Å². The number of carboxylic acids is 1. The van der Waals surface area contributed by atoms with Crippen molar-refractivity contribution in [2.24, 2.45) is 0 Å². The standard InChI is InChI=1S/C16H20N2O4/c1-22-14-5-2-4-12(10-14)13-7-9-18(11-13)16(21)17-8-3-6-15(19)20/h2,4-5,7,10H,3,6,8-9,11H2,1H3,(H,17,21)(H,19,20). The van der Waals surface area contributed by atoms with Gasteiger partial charge in [-0.1, -0.05) is 18.2 Å². The van der Waals surface area contributed by atoms with Crippen molar-refractivity contribution in [1.29, 1.82) is 0 Å². The molecule has 6 heteroatoms. The quantitative estimate of drug-likeness (QED) is 0.788. The molecule has 1 aliphatic rings. The average Bonchev–Trinajstić information content (AvgIpc) is 3.01. The molecule has 2 rings (SSSR count). The smallest absolute Gasteiger partial charge is 0.317 e. The summed E-state index contributed by atoms with van der Waals surface area (Å²) in [6.45, 7) is 1.46. The molecule has 0 saturated heterocycles. The van der Waals surface area contributed by atoms with E-state index >= 15 is 0 Å². The van der Waals surface area contributed by atoms with Crippen LogP contribution in [-0.4, -0.2) is 48.8 Å². The molecule has 0 radical (unpaired) electrons. The second-order valence-electron chi connectivity index (χ2n) is 5.07. The number of amides is 2. The van der Waals surface area contributed by atoms with E-state index in [9.17, 15) is 9.59 Å². The van der Waals surface area contributed by atoms with Crippen LogP contribution in [0.4, 0.5) is 4.79 Å². The zero-order valence-corrected chi connectivity index (χ0v) is 12.5. The fourth-order valence-corrected chi connectivity index (χ4v) is 2.29. The van der Waals surface area contributed by atoms with Gasteiger partial charge in [0.1, 0.15) is 5.75 Å². The van der Waals surface area contributed by atoms with E-state index in [-0.39, 0.29) is 12.5 Å². The Morgan fingerprint density at radius 2 is 2.23 bits per heavy atom. The van der Waals surface area contributed by atoms with Gasteiger partial charge >= 0.3 is 12.0 Å². The minimum Gasteiger partial charge on any atom is -0.497 e. The van der Waals surface area contributed by atoms with Crippen molar-refractivity contribution in [2.75, 3.05) is 26.7 Å². The molecule has 1 aromatic carbocycles. The fourth-order valence-electron chi connectivity index (χ4n) is 2.29. The highest BCUT2D eigenvalue weighted by Crippen LogP contribution is 2.24. The molecule has 0 aromatic heterocycles. The number of hydrogen-bond acceptors (Lipinski definition) is 3. The van der Waals surface area contributed by atoms with Crippen molar-refractivity contribution in [3.63, 3.8) is 0 Å². The number of methoxy groups -OCH3 is 1. The van der Waals surface area contributed by atoms with Crippen LogP contribution in [0.5, 0.6) is 5.75 Å². The number of carbonyl (C=O) groups is 2. The summed E-state index contributed by atoms with van der Waals surface area (Å²) in [5.41, 5.74) is 2.13. The second-order valence-corrected chi connectivity index (χ2v) is 5.07. The molecule has 118 valence electrons. The average molecular weight is 304 g/mol. The van der Waals surface area contributed by atoms with Crippen LogP contribution in [0.15, 0.2) is 30.3 Å². The Labute approximate surface area is 129 Å². The van der Waals surface area contributed by atoms with Crippen LogP contribution >= 0.6 is 0 Å². The highest BCUT2D eigenvalue weighted by atomic mass is 16.5. The van der Waals surface area contributed by atoms with Gasteiger partial charge < -0.3 is 20.1 Å². The lowest BCUT2D eigenvalue weighted by atomic mass is 10.1. The maximum atomic E-state index is 12.0. The molecule has 6 nitrogen and oxygen atoms in total. The van der Waals surface area contributed by atoms with Crippen molar-refractivity contribution in [3.05, 3.63) is 35.9 Å². The zero-order chi connectivity index (χ0) is 15.9. The largest absolute Gasteiger partial charge is 0.497 e. The number of nitrogens with one attached hydrogen (secondary N) is 1. The number of urea groups is 1. The molecular weight excluding hydrogens is 284 g/mol. The van der Waals surface area contributed by atoms with Crippen molar-refractivity contribution >= 4 is 17.6 Å². The highest BCUT2D eigenvalue weighted by Gasteiger charge is 2.20. The monoisotopic (exact) mass is 304 g/mol. The lowest BCUT2D eigenvalue weighted by Crippen LogP contribution is -2.39. The van der Waals surface area contributed by atoms with Gasteiger partial charge in [-0.05, 0) is 29.7 Å². The molecule has 0 aliphatic carbocycles. The number of ether oxygens (including phenoxy) is 1. The van der Waals surface area contributed by atoms with Crippen LogP contribution in [-0.2, 0) is 4.79 Å². The normalized spacial score (nSPS) is 13.7. The molecule has 0 saturated carbocycles. The number of hydrogen-bond donors (Lipinski definition) is 2. The number of carboxylic acid groups (broad SMARTS) is 1. The van der Waals surface area contributed by atoms with Crippen molar-refractivity contribution in [1.82, 2.24) is 10.2 Å². The SMILES string of the molecule is COc1cccc(C2=CCN(C(=O)NCCCC(=O)O)C2)c1. The van der Waals surface area contributed by atoms with Gasteiger partial charge in [0, 0.05) is 26.1 Å². The van der Waals surface area contributed by atoms with E-state index in [1.54, 1.807) is 12.0 Å². The number of rotatable bonds is 6. The first-order valence-electron chi connectivity index (χ1n) is 7.18. The highest BCUT2D eigenvalue weighted by molar-refractivity contribution is 5.80. The van der Waals surface area contributed by atoms with E-state index in [4.69, 9.17) is 9.84 Å². The van der Waals surface area contributed by atoms with Gasteiger partial charge in [-0.2, -0.15) is 0 Å². The Morgan fingerprint density at radius 3 is 2.95 bits per heavy atom. The Morgan fingerprint density at radius 1 is 1.41 bits per heavy atom. The summed E-state index contributed by atoms with van der Waals surface area (Å²) in [7, 11) is 1.62. The molecule has 22 heavy (non-hydrogen) atoms. The number of carbonyl (C=O) groups excluding carboxylic acids is 1. The molecule has 0 fully saturated rings. The Balaban J connectivity index is 1.83. The van der Waals surface area contributed by atoms with Crippen LogP contribution in [0, 0.1) is 0 Å². The predicted octanol–water partition coefficient (Wildman–Crippen LogP) is 1.97. The molecule has 1 aliphatic heterocycles. The van der Waals surface area contributed by atoms with Crippen molar-refractivity contribution in [2.45, 2.75) is 12.8 Å². The number of aliphatic carboxylic acids is 1.